The summed E-state index contributed by atoms with van der Waals surface area (Å²) in [6.07, 6.45) is 3.32. The Morgan fingerprint density at radius 3 is 2.94 bits per heavy atom. The Balaban J connectivity index is 2.27. The van der Waals surface area contributed by atoms with E-state index in [1.165, 1.54) is 0 Å². The van der Waals surface area contributed by atoms with Gasteiger partial charge in [-0.15, -0.1) is 0 Å². The second-order valence-corrected chi connectivity index (χ2v) is 4.30. The highest BCUT2D eigenvalue weighted by Crippen LogP contribution is 2.27. The molecule has 88 valence electrons. The average Bonchev–Trinajstić information content (AvgIpc) is 2.81. The highest BCUT2D eigenvalue weighted by atomic mass is 16.2. The fourth-order valence-electron chi connectivity index (χ4n) is 2.17. The Morgan fingerprint density at radius 2 is 2.38 bits per heavy atom. The molecule has 16 heavy (non-hydrogen) atoms. The number of nitrogens with two attached hydrogens (primary N) is 1. The molecule has 0 bridgehead atoms. The Kier molecular flexibility index (Phi) is 2.96. The Morgan fingerprint density at radius 1 is 1.62 bits per heavy atom. The molecule has 0 aliphatic carbocycles. The van der Waals surface area contributed by atoms with Crippen LogP contribution in [0.2, 0.25) is 0 Å². The molecule has 1 aromatic rings. The van der Waals surface area contributed by atoms with Gasteiger partial charge in [-0.2, -0.15) is 5.10 Å². The lowest BCUT2D eigenvalue weighted by molar-refractivity contribution is -0.117. The molecule has 0 spiro atoms. The van der Waals surface area contributed by atoms with Crippen LogP contribution in [0.5, 0.6) is 0 Å². The summed E-state index contributed by atoms with van der Waals surface area (Å²) in [5, 5.41) is 4.35. The van der Waals surface area contributed by atoms with Crippen LogP contribution in [0.4, 0.5) is 5.69 Å². The van der Waals surface area contributed by atoms with E-state index in [0.29, 0.717) is 13.0 Å². The van der Waals surface area contributed by atoms with Crippen LogP contribution in [0.15, 0.2) is 6.20 Å². The predicted octanol–water partition coefficient (Wildman–Crippen LogP) is 0.294. The Hall–Kier alpha value is -1.36. The van der Waals surface area contributed by atoms with E-state index in [4.69, 9.17) is 5.73 Å². The van der Waals surface area contributed by atoms with E-state index in [-0.39, 0.29) is 11.8 Å². The van der Waals surface area contributed by atoms with Crippen LogP contribution in [-0.4, -0.2) is 28.8 Å². The van der Waals surface area contributed by atoms with Gasteiger partial charge in [0.2, 0.25) is 5.91 Å². The monoisotopic (exact) mass is 222 g/mol. The standard InChI is InChI=1S/C11H18N4O/c1-3-9-10(7-14(2)13-9)15-6-8(5-12)4-11(15)16/h7-8H,3-6,12H2,1-2H3. The highest BCUT2D eigenvalue weighted by molar-refractivity contribution is 5.96. The van der Waals surface area contributed by atoms with E-state index in [1.54, 1.807) is 4.68 Å². The van der Waals surface area contributed by atoms with Crippen LogP contribution >= 0.6 is 0 Å². The van der Waals surface area contributed by atoms with Gasteiger partial charge in [-0.1, -0.05) is 6.92 Å². The molecule has 0 aromatic carbocycles. The van der Waals surface area contributed by atoms with Crippen molar-refractivity contribution in [2.45, 2.75) is 19.8 Å². The molecule has 1 amide bonds. The van der Waals surface area contributed by atoms with Crippen molar-refractivity contribution in [3.05, 3.63) is 11.9 Å². The predicted molar refractivity (Wildman–Crippen MR) is 62.1 cm³/mol. The molecular formula is C11H18N4O. The fraction of sp³-hybridized carbons (Fsp3) is 0.636. The molecule has 1 saturated heterocycles. The maximum absolute atomic E-state index is 11.9. The number of hydrogen-bond acceptors (Lipinski definition) is 3. The minimum atomic E-state index is 0.165. The van der Waals surface area contributed by atoms with Crippen LogP contribution in [0.1, 0.15) is 19.0 Å². The number of anilines is 1. The van der Waals surface area contributed by atoms with E-state index in [1.807, 2.05) is 25.1 Å². The maximum atomic E-state index is 11.9. The second kappa shape index (κ2) is 4.25. The Labute approximate surface area is 95.2 Å². The summed E-state index contributed by atoms with van der Waals surface area (Å²) in [6.45, 7) is 3.35. The number of carbonyl (C=O) groups excluding carboxylic acids is 1. The third kappa shape index (κ3) is 1.82. The van der Waals surface area contributed by atoms with Crippen molar-refractivity contribution in [3.8, 4) is 0 Å². The zero-order valence-corrected chi connectivity index (χ0v) is 9.81. The number of aryl methyl sites for hydroxylation is 2. The minimum absolute atomic E-state index is 0.165. The molecule has 5 heteroatoms. The SMILES string of the molecule is CCc1nn(C)cc1N1CC(CN)CC1=O. The van der Waals surface area contributed by atoms with Gasteiger partial charge in [0, 0.05) is 26.2 Å². The summed E-state index contributed by atoms with van der Waals surface area (Å²) >= 11 is 0. The molecule has 1 fully saturated rings. The summed E-state index contributed by atoms with van der Waals surface area (Å²) in [6, 6.07) is 0. The van der Waals surface area contributed by atoms with Gasteiger partial charge in [0.15, 0.2) is 0 Å². The van der Waals surface area contributed by atoms with Crippen LogP contribution in [0.3, 0.4) is 0 Å². The third-order valence-corrected chi connectivity index (χ3v) is 3.05. The van der Waals surface area contributed by atoms with E-state index in [0.717, 1.165) is 24.3 Å². The second-order valence-electron chi connectivity index (χ2n) is 4.30. The van der Waals surface area contributed by atoms with E-state index < -0.39 is 0 Å². The summed E-state index contributed by atoms with van der Waals surface area (Å²) in [5.74, 6) is 0.454. The van der Waals surface area contributed by atoms with Gasteiger partial charge in [0.1, 0.15) is 0 Å². The molecule has 1 atom stereocenters. The largest absolute Gasteiger partial charge is 0.330 e. The molecule has 5 nitrogen and oxygen atoms in total. The number of carbonyl (C=O) groups is 1. The zero-order valence-electron chi connectivity index (χ0n) is 9.81. The summed E-state index contributed by atoms with van der Waals surface area (Å²) in [5.41, 5.74) is 7.54. The van der Waals surface area contributed by atoms with Crippen LogP contribution in [-0.2, 0) is 18.3 Å². The first-order valence-corrected chi connectivity index (χ1v) is 5.68. The van der Waals surface area contributed by atoms with E-state index in [9.17, 15) is 4.79 Å². The first kappa shape index (κ1) is 11.1. The first-order chi connectivity index (χ1) is 7.65. The number of aromatic nitrogens is 2. The van der Waals surface area contributed by atoms with Crippen LogP contribution < -0.4 is 10.6 Å². The molecule has 2 heterocycles. The molecule has 1 aromatic heterocycles. The normalized spacial score (nSPS) is 20.8. The molecule has 2 rings (SSSR count). The number of hydrogen-bond donors (Lipinski definition) is 1. The van der Waals surface area contributed by atoms with Gasteiger partial charge in [-0.3, -0.25) is 9.48 Å². The lowest BCUT2D eigenvalue weighted by Gasteiger charge is -2.15. The van der Waals surface area contributed by atoms with Crippen molar-refractivity contribution in [1.82, 2.24) is 9.78 Å². The molecule has 2 N–H and O–H groups in total. The smallest absolute Gasteiger partial charge is 0.227 e. The van der Waals surface area contributed by atoms with Gasteiger partial charge >= 0.3 is 0 Å². The van der Waals surface area contributed by atoms with Crippen molar-refractivity contribution in [2.24, 2.45) is 18.7 Å². The van der Waals surface area contributed by atoms with Gasteiger partial charge < -0.3 is 10.6 Å². The minimum Gasteiger partial charge on any atom is -0.330 e. The van der Waals surface area contributed by atoms with Crippen LogP contribution in [0, 0.1) is 5.92 Å². The number of nitrogens with zero attached hydrogens (tertiary/aromatic N) is 3. The molecule has 0 saturated carbocycles. The molecule has 0 radical (unpaired) electrons. The van der Waals surface area contributed by atoms with Crippen molar-refractivity contribution >= 4 is 11.6 Å². The van der Waals surface area contributed by atoms with E-state index in [2.05, 4.69) is 5.10 Å². The van der Waals surface area contributed by atoms with Gasteiger partial charge in [0.05, 0.1) is 11.4 Å². The fourth-order valence-corrected chi connectivity index (χ4v) is 2.17. The van der Waals surface area contributed by atoms with Crippen molar-refractivity contribution < 1.29 is 4.79 Å². The quantitative estimate of drug-likeness (QED) is 0.799. The van der Waals surface area contributed by atoms with E-state index >= 15 is 0 Å². The lowest BCUT2D eigenvalue weighted by Crippen LogP contribution is -2.26. The molecule has 1 aliphatic rings. The number of amides is 1. The zero-order chi connectivity index (χ0) is 11.7. The van der Waals surface area contributed by atoms with Crippen molar-refractivity contribution in [3.63, 3.8) is 0 Å². The first-order valence-electron chi connectivity index (χ1n) is 5.68. The molecule has 1 aliphatic heterocycles. The highest BCUT2D eigenvalue weighted by Gasteiger charge is 2.31. The molecular weight excluding hydrogens is 204 g/mol. The van der Waals surface area contributed by atoms with Gasteiger partial charge in [-0.05, 0) is 18.9 Å². The number of rotatable bonds is 3. The summed E-state index contributed by atoms with van der Waals surface area (Å²) in [4.78, 5) is 13.7. The van der Waals surface area contributed by atoms with Crippen molar-refractivity contribution in [1.29, 1.82) is 0 Å². The van der Waals surface area contributed by atoms with Gasteiger partial charge in [-0.25, -0.2) is 0 Å². The third-order valence-electron chi connectivity index (χ3n) is 3.05. The summed E-state index contributed by atoms with van der Waals surface area (Å²) < 4.78 is 1.76. The molecule has 1 unspecified atom stereocenters. The topological polar surface area (TPSA) is 64.2 Å². The van der Waals surface area contributed by atoms with Crippen LogP contribution in [0.25, 0.3) is 0 Å². The average molecular weight is 222 g/mol. The van der Waals surface area contributed by atoms with Crippen molar-refractivity contribution in [2.75, 3.05) is 18.0 Å². The Bertz CT molecular complexity index is 399. The van der Waals surface area contributed by atoms with Gasteiger partial charge in [0.25, 0.3) is 0 Å². The maximum Gasteiger partial charge on any atom is 0.227 e. The summed E-state index contributed by atoms with van der Waals surface area (Å²) in [7, 11) is 1.88. The lowest BCUT2D eigenvalue weighted by atomic mass is 10.1.